The van der Waals surface area contributed by atoms with E-state index in [-0.39, 0.29) is 23.0 Å². The molecule has 1 unspecified atom stereocenters. The molecule has 1 atom stereocenters. The fraction of sp³-hybridized carbons (Fsp3) is 0.467. The second-order valence-electron chi connectivity index (χ2n) is 5.47. The molecule has 1 aromatic rings. The first kappa shape index (κ1) is 15.2. The van der Waals surface area contributed by atoms with E-state index in [4.69, 9.17) is 5.11 Å². The Balaban J connectivity index is 1.94. The molecule has 21 heavy (non-hydrogen) atoms. The largest absolute Gasteiger partial charge is 0.506 e. The van der Waals surface area contributed by atoms with Gasteiger partial charge in [0.15, 0.2) is 0 Å². The van der Waals surface area contributed by atoms with Crippen molar-refractivity contribution in [2.45, 2.75) is 38.6 Å². The van der Waals surface area contributed by atoms with E-state index in [1.54, 1.807) is 0 Å². The van der Waals surface area contributed by atoms with E-state index in [1.807, 2.05) is 6.92 Å². The van der Waals surface area contributed by atoms with Crippen molar-refractivity contribution in [3.63, 3.8) is 0 Å². The van der Waals surface area contributed by atoms with Gasteiger partial charge in [0.05, 0.1) is 11.3 Å². The number of aromatic hydroxyl groups is 1. The highest BCUT2D eigenvalue weighted by Crippen LogP contribution is 2.28. The van der Waals surface area contributed by atoms with E-state index < -0.39 is 12.0 Å². The maximum Gasteiger partial charge on any atom is 0.335 e. The minimum Gasteiger partial charge on any atom is -0.506 e. The Bertz CT molecular complexity index is 538. The smallest absolute Gasteiger partial charge is 0.335 e. The summed E-state index contributed by atoms with van der Waals surface area (Å²) in [5.41, 5.74) is 0.161. The number of anilines is 1. The Morgan fingerprint density at radius 1 is 1.29 bits per heavy atom. The molecule has 1 saturated carbocycles. The van der Waals surface area contributed by atoms with Gasteiger partial charge in [-0.25, -0.2) is 9.59 Å². The van der Waals surface area contributed by atoms with E-state index in [9.17, 15) is 14.7 Å². The molecule has 6 nitrogen and oxygen atoms in total. The summed E-state index contributed by atoms with van der Waals surface area (Å²) in [5.74, 6) is -0.895. The highest BCUT2D eigenvalue weighted by molar-refractivity contribution is 5.93. The van der Waals surface area contributed by atoms with Gasteiger partial charge in [0.25, 0.3) is 0 Å². The summed E-state index contributed by atoms with van der Waals surface area (Å²) < 4.78 is 0. The number of hydrogen-bond acceptors (Lipinski definition) is 3. The Labute approximate surface area is 123 Å². The minimum atomic E-state index is -1.13. The number of carbonyl (C=O) groups excluding carboxylic acids is 1. The van der Waals surface area contributed by atoms with Gasteiger partial charge in [0.1, 0.15) is 5.75 Å². The van der Waals surface area contributed by atoms with Gasteiger partial charge < -0.3 is 20.8 Å². The summed E-state index contributed by atoms with van der Waals surface area (Å²) in [7, 11) is 0. The first-order valence-corrected chi connectivity index (χ1v) is 7.11. The molecule has 1 aromatic carbocycles. The van der Waals surface area contributed by atoms with E-state index in [0.29, 0.717) is 5.92 Å². The van der Waals surface area contributed by atoms with Crippen molar-refractivity contribution in [2.75, 3.05) is 5.32 Å². The number of carbonyl (C=O) groups is 2. The number of amides is 2. The molecular weight excluding hydrogens is 272 g/mol. The van der Waals surface area contributed by atoms with Crippen molar-refractivity contribution >= 4 is 17.7 Å². The lowest BCUT2D eigenvalue weighted by Crippen LogP contribution is -2.39. The number of rotatable bonds is 4. The van der Waals surface area contributed by atoms with Crippen LogP contribution in [0.2, 0.25) is 0 Å². The molecule has 4 N–H and O–H groups in total. The molecule has 1 aliphatic carbocycles. The average molecular weight is 292 g/mol. The van der Waals surface area contributed by atoms with E-state index in [2.05, 4.69) is 10.6 Å². The molecule has 2 rings (SSSR count). The average Bonchev–Trinajstić information content (AvgIpc) is 2.94. The third-order valence-electron chi connectivity index (χ3n) is 3.96. The number of carboxylic acid groups (broad SMARTS) is 1. The molecule has 0 bridgehead atoms. The summed E-state index contributed by atoms with van der Waals surface area (Å²) in [6.07, 6.45) is 4.66. The number of benzene rings is 1. The lowest BCUT2D eigenvalue weighted by atomic mass is 10.0. The van der Waals surface area contributed by atoms with Gasteiger partial charge in [0.2, 0.25) is 0 Å². The maximum absolute atomic E-state index is 11.9. The van der Waals surface area contributed by atoms with E-state index in [0.717, 1.165) is 18.9 Å². The maximum atomic E-state index is 11.9. The molecule has 1 aliphatic rings. The minimum absolute atomic E-state index is 0.0298. The quantitative estimate of drug-likeness (QED) is 0.641. The molecule has 114 valence electrons. The summed E-state index contributed by atoms with van der Waals surface area (Å²) in [6.45, 7) is 1.98. The Morgan fingerprint density at radius 2 is 1.95 bits per heavy atom. The summed E-state index contributed by atoms with van der Waals surface area (Å²) in [6, 6.07) is 3.50. The fourth-order valence-corrected chi connectivity index (χ4v) is 2.71. The molecule has 0 saturated heterocycles. The predicted octanol–water partition coefficient (Wildman–Crippen LogP) is 2.79. The zero-order valence-corrected chi connectivity index (χ0v) is 11.9. The molecule has 2 amide bonds. The third-order valence-corrected chi connectivity index (χ3v) is 3.96. The fourth-order valence-electron chi connectivity index (χ4n) is 2.71. The molecule has 0 heterocycles. The van der Waals surface area contributed by atoms with Crippen LogP contribution in [0.1, 0.15) is 43.0 Å². The van der Waals surface area contributed by atoms with Crippen molar-refractivity contribution in [1.82, 2.24) is 5.32 Å². The van der Waals surface area contributed by atoms with Crippen LogP contribution in [0.25, 0.3) is 0 Å². The van der Waals surface area contributed by atoms with Crippen LogP contribution in [0.4, 0.5) is 10.5 Å². The summed E-state index contributed by atoms with van der Waals surface area (Å²) >= 11 is 0. The van der Waals surface area contributed by atoms with Crippen LogP contribution in [-0.4, -0.2) is 28.3 Å². The molecule has 1 fully saturated rings. The van der Waals surface area contributed by atoms with Gasteiger partial charge in [-0.2, -0.15) is 0 Å². The van der Waals surface area contributed by atoms with Crippen molar-refractivity contribution in [2.24, 2.45) is 5.92 Å². The first-order valence-electron chi connectivity index (χ1n) is 7.11. The monoisotopic (exact) mass is 292 g/mol. The predicted molar refractivity (Wildman–Crippen MR) is 78.6 cm³/mol. The lowest BCUT2D eigenvalue weighted by Gasteiger charge is -2.20. The Morgan fingerprint density at radius 3 is 2.52 bits per heavy atom. The number of urea groups is 1. The van der Waals surface area contributed by atoms with Crippen LogP contribution in [0, 0.1) is 5.92 Å². The molecule has 0 spiro atoms. The van der Waals surface area contributed by atoms with Crippen molar-refractivity contribution < 1.29 is 19.8 Å². The zero-order chi connectivity index (χ0) is 15.4. The summed E-state index contributed by atoms with van der Waals surface area (Å²) in [5, 5.41) is 23.9. The number of nitrogens with one attached hydrogen (secondary N) is 2. The topological polar surface area (TPSA) is 98.7 Å². The lowest BCUT2D eigenvalue weighted by molar-refractivity contribution is 0.0696. The molecule has 0 aromatic heterocycles. The summed E-state index contributed by atoms with van der Waals surface area (Å²) in [4.78, 5) is 22.7. The van der Waals surface area contributed by atoms with Gasteiger partial charge in [-0.15, -0.1) is 0 Å². The third kappa shape index (κ3) is 3.87. The van der Waals surface area contributed by atoms with Gasteiger partial charge in [-0.05, 0) is 43.9 Å². The van der Waals surface area contributed by atoms with Crippen LogP contribution in [0.5, 0.6) is 5.75 Å². The number of phenolic OH excluding ortho intramolecular Hbond substituents is 1. The second kappa shape index (κ2) is 6.47. The number of carboxylic acids is 1. The van der Waals surface area contributed by atoms with Crippen LogP contribution in [0.3, 0.4) is 0 Å². The van der Waals surface area contributed by atoms with Crippen molar-refractivity contribution in [3.8, 4) is 5.75 Å². The highest BCUT2D eigenvalue weighted by atomic mass is 16.4. The number of phenols is 1. The van der Waals surface area contributed by atoms with Gasteiger partial charge in [-0.3, -0.25) is 0 Å². The van der Waals surface area contributed by atoms with Gasteiger partial charge in [0, 0.05) is 6.04 Å². The standard InChI is InChI=1S/C15H20N2O4/c1-9(10-4-2-3-5-10)16-15(21)17-12-7-6-11(14(19)20)8-13(12)18/h6-10,18H,2-5H2,1H3,(H,19,20)(H2,16,17,21). The highest BCUT2D eigenvalue weighted by Gasteiger charge is 2.23. The van der Waals surface area contributed by atoms with Crippen LogP contribution in [-0.2, 0) is 0 Å². The number of aromatic carboxylic acids is 1. The number of hydrogen-bond donors (Lipinski definition) is 4. The van der Waals surface area contributed by atoms with Crippen LogP contribution >= 0.6 is 0 Å². The van der Waals surface area contributed by atoms with E-state index >= 15 is 0 Å². The van der Waals surface area contributed by atoms with Gasteiger partial charge >= 0.3 is 12.0 Å². The van der Waals surface area contributed by atoms with E-state index in [1.165, 1.54) is 25.0 Å². The molecule has 0 radical (unpaired) electrons. The van der Waals surface area contributed by atoms with Crippen molar-refractivity contribution in [1.29, 1.82) is 0 Å². The first-order chi connectivity index (χ1) is 9.97. The molecule has 6 heteroatoms. The van der Waals surface area contributed by atoms with Gasteiger partial charge in [-0.1, -0.05) is 12.8 Å². The Kier molecular flexibility index (Phi) is 4.67. The van der Waals surface area contributed by atoms with Crippen LogP contribution in [0.15, 0.2) is 18.2 Å². The molecular formula is C15H20N2O4. The van der Waals surface area contributed by atoms with Crippen molar-refractivity contribution in [3.05, 3.63) is 23.8 Å². The second-order valence-corrected chi connectivity index (χ2v) is 5.47. The normalized spacial score (nSPS) is 16.4. The zero-order valence-electron chi connectivity index (χ0n) is 11.9. The van der Waals surface area contributed by atoms with Crippen LogP contribution < -0.4 is 10.6 Å². The Hall–Kier alpha value is -2.24. The SMILES string of the molecule is CC(NC(=O)Nc1ccc(C(=O)O)cc1O)C1CCCC1. The molecule has 0 aliphatic heterocycles.